The number of carbonyl (C=O) groups is 1. The van der Waals surface area contributed by atoms with E-state index in [-0.39, 0.29) is 5.97 Å². The Kier molecular flexibility index (Phi) is 5.36. The van der Waals surface area contributed by atoms with Crippen LogP contribution in [0.15, 0.2) is 0 Å². The molecule has 17 heavy (non-hydrogen) atoms. The lowest BCUT2D eigenvalue weighted by molar-refractivity contribution is -0.148. The first-order valence-electron chi connectivity index (χ1n) is 6.27. The summed E-state index contributed by atoms with van der Waals surface area (Å²) in [6, 6.07) is 0. The van der Waals surface area contributed by atoms with Crippen LogP contribution in [0.25, 0.3) is 0 Å². The summed E-state index contributed by atoms with van der Waals surface area (Å²) < 4.78 is 4.85. The Labute approximate surface area is 104 Å². The highest BCUT2D eigenvalue weighted by Crippen LogP contribution is 2.11. The van der Waals surface area contributed by atoms with Crippen LogP contribution in [0.2, 0.25) is 0 Å². The molecule has 0 aliphatic carbocycles. The zero-order valence-corrected chi connectivity index (χ0v) is 11.5. The molecule has 0 aromatic heterocycles. The van der Waals surface area contributed by atoms with Gasteiger partial charge in [0.1, 0.15) is 5.54 Å². The third kappa shape index (κ3) is 3.66. The van der Waals surface area contributed by atoms with E-state index in [0.29, 0.717) is 6.54 Å². The number of piperazine rings is 1. The molecule has 0 aromatic rings. The van der Waals surface area contributed by atoms with E-state index in [1.807, 2.05) is 6.92 Å². The van der Waals surface area contributed by atoms with E-state index in [0.717, 1.165) is 32.7 Å². The van der Waals surface area contributed by atoms with E-state index in [2.05, 4.69) is 22.0 Å². The standard InChI is InChI=1S/C12H25N3O2/c1-5-14-6-8-15(9-7-14)10-12(2,13-3)11(16)17-4/h13H,5-10H2,1-4H3. The van der Waals surface area contributed by atoms with Crippen LogP contribution in [0.3, 0.4) is 0 Å². The van der Waals surface area contributed by atoms with Crippen molar-refractivity contribution in [3.05, 3.63) is 0 Å². The van der Waals surface area contributed by atoms with E-state index >= 15 is 0 Å². The van der Waals surface area contributed by atoms with Gasteiger partial charge in [-0.25, -0.2) is 0 Å². The van der Waals surface area contributed by atoms with Crippen molar-refractivity contribution in [2.75, 3.05) is 53.4 Å². The maximum absolute atomic E-state index is 11.7. The number of hydrogen-bond donors (Lipinski definition) is 1. The monoisotopic (exact) mass is 243 g/mol. The third-order valence-electron chi connectivity index (χ3n) is 3.64. The second-order valence-corrected chi connectivity index (χ2v) is 4.78. The molecule has 1 saturated heterocycles. The zero-order chi connectivity index (χ0) is 12.9. The molecule has 1 aliphatic rings. The molecule has 1 rings (SSSR count). The summed E-state index contributed by atoms with van der Waals surface area (Å²) >= 11 is 0. The third-order valence-corrected chi connectivity index (χ3v) is 3.64. The summed E-state index contributed by atoms with van der Waals surface area (Å²) in [6.45, 7) is 10.1. The van der Waals surface area contributed by atoms with Crippen LogP contribution in [0.4, 0.5) is 0 Å². The number of methoxy groups -OCH3 is 1. The Morgan fingerprint density at radius 1 is 1.29 bits per heavy atom. The highest BCUT2D eigenvalue weighted by Gasteiger charge is 2.35. The van der Waals surface area contributed by atoms with Crippen molar-refractivity contribution in [1.29, 1.82) is 0 Å². The molecule has 0 saturated carbocycles. The molecule has 1 heterocycles. The van der Waals surface area contributed by atoms with Crippen molar-refractivity contribution < 1.29 is 9.53 Å². The largest absolute Gasteiger partial charge is 0.468 e. The van der Waals surface area contributed by atoms with E-state index < -0.39 is 5.54 Å². The van der Waals surface area contributed by atoms with Gasteiger partial charge < -0.3 is 15.0 Å². The summed E-state index contributed by atoms with van der Waals surface area (Å²) in [5.41, 5.74) is -0.608. The van der Waals surface area contributed by atoms with Crippen LogP contribution in [0.5, 0.6) is 0 Å². The lowest BCUT2D eigenvalue weighted by Gasteiger charge is -2.38. The highest BCUT2D eigenvalue weighted by atomic mass is 16.5. The first-order chi connectivity index (χ1) is 8.05. The van der Waals surface area contributed by atoms with Crippen LogP contribution < -0.4 is 5.32 Å². The van der Waals surface area contributed by atoms with Gasteiger partial charge in [0, 0.05) is 32.7 Å². The molecule has 5 heteroatoms. The Hall–Kier alpha value is -0.650. The quantitative estimate of drug-likeness (QED) is 0.676. The predicted molar refractivity (Wildman–Crippen MR) is 68.0 cm³/mol. The Morgan fingerprint density at radius 2 is 1.82 bits per heavy atom. The number of rotatable bonds is 5. The molecule has 0 amide bonds. The fourth-order valence-corrected chi connectivity index (χ4v) is 2.18. The Balaban J connectivity index is 2.50. The summed E-state index contributed by atoms with van der Waals surface area (Å²) in [5.74, 6) is -0.196. The number of esters is 1. The number of ether oxygens (including phenoxy) is 1. The van der Waals surface area contributed by atoms with Gasteiger partial charge in [-0.1, -0.05) is 6.92 Å². The van der Waals surface area contributed by atoms with Crippen LogP contribution in [-0.4, -0.2) is 74.7 Å². The number of hydrogen-bond acceptors (Lipinski definition) is 5. The van der Waals surface area contributed by atoms with E-state index in [1.54, 1.807) is 7.05 Å². The van der Waals surface area contributed by atoms with Gasteiger partial charge in [0.05, 0.1) is 7.11 Å². The molecule has 1 atom stereocenters. The predicted octanol–water partition coefficient (Wildman–Crippen LogP) is -0.225. The lowest BCUT2D eigenvalue weighted by atomic mass is 10.0. The number of likely N-dealkylation sites (N-methyl/N-ethyl adjacent to an activating group) is 2. The van der Waals surface area contributed by atoms with Crippen LogP contribution in [0, 0.1) is 0 Å². The maximum atomic E-state index is 11.7. The van der Waals surface area contributed by atoms with Crippen LogP contribution >= 0.6 is 0 Å². The first kappa shape index (κ1) is 14.4. The van der Waals surface area contributed by atoms with Gasteiger partial charge in [-0.15, -0.1) is 0 Å². The molecule has 0 aromatic carbocycles. The van der Waals surface area contributed by atoms with Crippen LogP contribution in [0.1, 0.15) is 13.8 Å². The number of carbonyl (C=O) groups excluding carboxylic acids is 1. The molecule has 0 bridgehead atoms. The molecule has 5 nitrogen and oxygen atoms in total. The van der Waals surface area contributed by atoms with E-state index in [4.69, 9.17) is 4.74 Å². The van der Waals surface area contributed by atoms with Gasteiger partial charge in [0.2, 0.25) is 0 Å². The number of nitrogens with zero attached hydrogens (tertiary/aromatic N) is 2. The second-order valence-electron chi connectivity index (χ2n) is 4.78. The zero-order valence-electron chi connectivity index (χ0n) is 11.5. The summed E-state index contributed by atoms with van der Waals surface area (Å²) in [5, 5.41) is 3.07. The Bertz CT molecular complexity index is 252. The molecule has 1 fully saturated rings. The average molecular weight is 243 g/mol. The van der Waals surface area contributed by atoms with Crippen molar-refractivity contribution >= 4 is 5.97 Å². The van der Waals surface area contributed by atoms with Gasteiger partial charge >= 0.3 is 5.97 Å². The van der Waals surface area contributed by atoms with Gasteiger partial charge in [-0.3, -0.25) is 9.69 Å². The van der Waals surface area contributed by atoms with Crippen LogP contribution in [-0.2, 0) is 9.53 Å². The minimum absolute atomic E-state index is 0.196. The molecule has 1 N–H and O–H groups in total. The fraction of sp³-hybridized carbons (Fsp3) is 0.917. The maximum Gasteiger partial charge on any atom is 0.327 e. The summed E-state index contributed by atoms with van der Waals surface area (Å²) in [6.07, 6.45) is 0. The minimum atomic E-state index is -0.608. The van der Waals surface area contributed by atoms with Crippen molar-refractivity contribution in [2.45, 2.75) is 19.4 Å². The Morgan fingerprint density at radius 3 is 2.24 bits per heavy atom. The normalized spacial score (nSPS) is 22.1. The van der Waals surface area contributed by atoms with Crippen molar-refractivity contribution in [3.8, 4) is 0 Å². The second kappa shape index (κ2) is 6.33. The minimum Gasteiger partial charge on any atom is -0.468 e. The molecule has 1 aliphatic heterocycles. The van der Waals surface area contributed by atoms with Crippen molar-refractivity contribution in [3.63, 3.8) is 0 Å². The molecule has 0 radical (unpaired) electrons. The molecule has 1 unspecified atom stereocenters. The van der Waals surface area contributed by atoms with Gasteiger partial charge in [-0.05, 0) is 20.5 Å². The van der Waals surface area contributed by atoms with Gasteiger partial charge in [0.25, 0.3) is 0 Å². The molecular weight excluding hydrogens is 218 g/mol. The lowest BCUT2D eigenvalue weighted by Crippen LogP contribution is -2.59. The molecular formula is C12H25N3O2. The van der Waals surface area contributed by atoms with Gasteiger partial charge in [0.15, 0.2) is 0 Å². The van der Waals surface area contributed by atoms with E-state index in [1.165, 1.54) is 7.11 Å². The topological polar surface area (TPSA) is 44.8 Å². The first-order valence-corrected chi connectivity index (χ1v) is 6.27. The highest BCUT2D eigenvalue weighted by molar-refractivity contribution is 5.80. The number of nitrogens with one attached hydrogen (secondary N) is 1. The average Bonchev–Trinajstić information content (AvgIpc) is 2.38. The van der Waals surface area contributed by atoms with Gasteiger partial charge in [-0.2, -0.15) is 0 Å². The van der Waals surface area contributed by atoms with Crippen molar-refractivity contribution in [1.82, 2.24) is 15.1 Å². The summed E-state index contributed by atoms with van der Waals surface area (Å²) in [4.78, 5) is 16.5. The van der Waals surface area contributed by atoms with E-state index in [9.17, 15) is 4.79 Å². The molecule has 0 spiro atoms. The summed E-state index contributed by atoms with van der Waals surface area (Å²) in [7, 11) is 3.24. The fourth-order valence-electron chi connectivity index (χ4n) is 2.18. The smallest absolute Gasteiger partial charge is 0.327 e. The SMILES string of the molecule is CCN1CCN(CC(C)(NC)C(=O)OC)CC1. The molecule has 100 valence electrons. The van der Waals surface area contributed by atoms with Crippen molar-refractivity contribution in [2.24, 2.45) is 0 Å².